The highest BCUT2D eigenvalue weighted by Crippen LogP contribution is 2.15. The van der Waals surface area contributed by atoms with Gasteiger partial charge in [0.05, 0.1) is 24.1 Å². The van der Waals surface area contributed by atoms with Crippen LogP contribution in [0.1, 0.15) is 5.69 Å². The molecule has 4 nitrogen and oxygen atoms in total. The lowest BCUT2D eigenvalue weighted by atomic mass is 10.2. The van der Waals surface area contributed by atoms with Gasteiger partial charge in [0.1, 0.15) is 0 Å². The summed E-state index contributed by atoms with van der Waals surface area (Å²) in [5, 5.41) is 5.41. The summed E-state index contributed by atoms with van der Waals surface area (Å²) in [6, 6.07) is 8.22. The summed E-state index contributed by atoms with van der Waals surface area (Å²) in [7, 11) is 0. The summed E-state index contributed by atoms with van der Waals surface area (Å²) in [5.41, 5.74) is 5.08. The molecule has 0 amide bonds. The Labute approximate surface area is 109 Å². The summed E-state index contributed by atoms with van der Waals surface area (Å²) < 4.78 is 1.98. The minimum Gasteiger partial charge on any atom is -0.379 e. The predicted octanol–water partition coefficient (Wildman–Crippen LogP) is 2.94. The van der Waals surface area contributed by atoms with Gasteiger partial charge in [0.2, 0.25) is 0 Å². The van der Waals surface area contributed by atoms with Crippen molar-refractivity contribution in [3.63, 3.8) is 0 Å². The van der Waals surface area contributed by atoms with E-state index in [9.17, 15) is 0 Å². The Morgan fingerprint density at radius 1 is 1.33 bits per heavy atom. The van der Waals surface area contributed by atoms with Crippen molar-refractivity contribution in [2.24, 2.45) is 0 Å². The summed E-state index contributed by atoms with van der Waals surface area (Å²) in [6.07, 6.45) is 5.49. The lowest BCUT2D eigenvalue weighted by Gasteiger charge is -2.07. The molecule has 0 atom stereocenters. The first-order chi connectivity index (χ1) is 8.92. The number of rotatable bonds is 4. The molecule has 1 N–H and O–H groups in total. The molecule has 0 radical (unpaired) electrons. The Morgan fingerprint density at radius 2 is 2.33 bits per heavy atom. The Bertz CT molecular complexity index is 602. The lowest BCUT2D eigenvalue weighted by molar-refractivity contribution is 1.05. The van der Waals surface area contributed by atoms with Crippen LogP contribution in [0.2, 0.25) is 0 Å². The van der Waals surface area contributed by atoms with Crippen LogP contribution in [0, 0.1) is 0 Å². The van der Waals surface area contributed by atoms with Crippen molar-refractivity contribution in [3.05, 3.63) is 59.6 Å². The van der Waals surface area contributed by atoms with E-state index in [0.29, 0.717) is 0 Å². The van der Waals surface area contributed by atoms with E-state index in [2.05, 4.69) is 27.4 Å². The molecule has 0 aliphatic rings. The molecule has 0 aliphatic carbocycles. The standard InChI is InChI=1S/C13H12N4S/c1-2-11(15-7-12-8-18-10-16-12)6-13(3-1)17-5-4-14-9-17/h1-6,8-10,15H,7H2. The molecule has 2 aromatic heterocycles. The van der Waals surface area contributed by atoms with Crippen LogP contribution in [-0.2, 0) is 6.54 Å². The minimum atomic E-state index is 0.747. The molecule has 0 saturated carbocycles. The van der Waals surface area contributed by atoms with Crippen LogP contribution in [0.25, 0.3) is 5.69 Å². The summed E-state index contributed by atoms with van der Waals surface area (Å²) in [5.74, 6) is 0. The fourth-order valence-corrected chi connectivity index (χ4v) is 2.26. The van der Waals surface area contributed by atoms with Gasteiger partial charge in [-0.1, -0.05) is 6.07 Å². The smallest absolute Gasteiger partial charge is 0.0991 e. The number of anilines is 1. The Hall–Kier alpha value is -2.14. The third-order valence-corrected chi connectivity index (χ3v) is 3.24. The largest absolute Gasteiger partial charge is 0.379 e. The molecule has 0 spiro atoms. The fraction of sp³-hybridized carbons (Fsp3) is 0.0769. The number of benzene rings is 1. The summed E-state index contributed by atoms with van der Waals surface area (Å²) in [6.45, 7) is 0.747. The average Bonchev–Trinajstić information content (AvgIpc) is 3.10. The van der Waals surface area contributed by atoms with Crippen LogP contribution in [0.5, 0.6) is 0 Å². The number of hydrogen-bond acceptors (Lipinski definition) is 4. The van der Waals surface area contributed by atoms with Crippen LogP contribution in [-0.4, -0.2) is 14.5 Å². The van der Waals surface area contributed by atoms with Gasteiger partial charge in [-0.15, -0.1) is 11.3 Å². The van der Waals surface area contributed by atoms with Gasteiger partial charge in [0.15, 0.2) is 0 Å². The number of aromatic nitrogens is 3. The number of nitrogens with zero attached hydrogens (tertiary/aromatic N) is 3. The van der Waals surface area contributed by atoms with Crippen LogP contribution in [0.3, 0.4) is 0 Å². The highest BCUT2D eigenvalue weighted by atomic mass is 32.1. The zero-order valence-corrected chi connectivity index (χ0v) is 10.5. The normalized spacial score (nSPS) is 10.4. The molecule has 0 unspecified atom stereocenters. The Morgan fingerprint density at radius 3 is 3.11 bits per heavy atom. The number of hydrogen-bond donors (Lipinski definition) is 1. The average molecular weight is 256 g/mol. The molecule has 0 aliphatic heterocycles. The maximum atomic E-state index is 4.24. The van der Waals surface area contributed by atoms with Crippen LogP contribution < -0.4 is 5.32 Å². The second kappa shape index (κ2) is 5.01. The molecular weight excluding hydrogens is 244 g/mol. The quantitative estimate of drug-likeness (QED) is 0.780. The van der Waals surface area contributed by atoms with Gasteiger partial charge in [-0.3, -0.25) is 0 Å². The van der Waals surface area contributed by atoms with Crippen LogP contribution in [0.15, 0.2) is 53.9 Å². The highest BCUT2D eigenvalue weighted by molar-refractivity contribution is 7.07. The molecular formula is C13H12N4S. The van der Waals surface area contributed by atoms with Gasteiger partial charge in [0, 0.05) is 29.1 Å². The second-order valence-corrected chi connectivity index (χ2v) is 4.57. The molecule has 1 aromatic carbocycles. The van der Waals surface area contributed by atoms with E-state index in [1.165, 1.54) is 0 Å². The molecule has 90 valence electrons. The third-order valence-electron chi connectivity index (χ3n) is 2.61. The van der Waals surface area contributed by atoms with Gasteiger partial charge in [-0.05, 0) is 18.2 Å². The SMILES string of the molecule is c1cc(NCc2cscn2)cc(-n2ccnc2)c1. The van der Waals surface area contributed by atoms with E-state index in [0.717, 1.165) is 23.6 Å². The maximum absolute atomic E-state index is 4.24. The van der Waals surface area contributed by atoms with Gasteiger partial charge < -0.3 is 9.88 Å². The molecule has 3 aromatic rings. The first kappa shape index (κ1) is 11.0. The summed E-state index contributed by atoms with van der Waals surface area (Å²) in [4.78, 5) is 8.29. The molecule has 3 rings (SSSR count). The lowest BCUT2D eigenvalue weighted by Crippen LogP contribution is -2.00. The molecule has 0 saturated heterocycles. The predicted molar refractivity (Wildman–Crippen MR) is 73.0 cm³/mol. The van der Waals surface area contributed by atoms with Crippen molar-refractivity contribution in [2.75, 3.05) is 5.32 Å². The number of nitrogens with one attached hydrogen (secondary N) is 1. The topological polar surface area (TPSA) is 42.7 Å². The van der Waals surface area contributed by atoms with Crippen molar-refractivity contribution in [2.45, 2.75) is 6.54 Å². The maximum Gasteiger partial charge on any atom is 0.0991 e. The fourth-order valence-electron chi connectivity index (χ4n) is 1.71. The Balaban J connectivity index is 1.75. The van der Waals surface area contributed by atoms with Crippen molar-refractivity contribution >= 4 is 17.0 Å². The van der Waals surface area contributed by atoms with Gasteiger partial charge in [-0.2, -0.15) is 0 Å². The highest BCUT2D eigenvalue weighted by Gasteiger charge is 1.99. The van der Waals surface area contributed by atoms with Gasteiger partial charge in [0.25, 0.3) is 0 Å². The van der Waals surface area contributed by atoms with E-state index in [1.807, 2.05) is 33.8 Å². The van der Waals surface area contributed by atoms with Gasteiger partial charge >= 0.3 is 0 Å². The summed E-state index contributed by atoms with van der Waals surface area (Å²) >= 11 is 1.61. The zero-order valence-electron chi connectivity index (χ0n) is 9.65. The van der Waals surface area contributed by atoms with Crippen molar-refractivity contribution < 1.29 is 0 Å². The van der Waals surface area contributed by atoms with Crippen LogP contribution in [0.4, 0.5) is 5.69 Å². The molecule has 2 heterocycles. The van der Waals surface area contributed by atoms with E-state index in [1.54, 1.807) is 23.9 Å². The Kier molecular flexibility index (Phi) is 3.06. The van der Waals surface area contributed by atoms with Crippen molar-refractivity contribution in [1.82, 2.24) is 14.5 Å². The van der Waals surface area contributed by atoms with E-state index < -0.39 is 0 Å². The van der Waals surface area contributed by atoms with Gasteiger partial charge in [-0.25, -0.2) is 9.97 Å². The third kappa shape index (κ3) is 2.41. The molecule has 18 heavy (non-hydrogen) atoms. The zero-order chi connectivity index (χ0) is 12.2. The van der Waals surface area contributed by atoms with E-state index in [4.69, 9.17) is 0 Å². The van der Waals surface area contributed by atoms with Crippen LogP contribution >= 0.6 is 11.3 Å². The monoisotopic (exact) mass is 256 g/mol. The van der Waals surface area contributed by atoms with Crippen molar-refractivity contribution in [3.8, 4) is 5.69 Å². The second-order valence-electron chi connectivity index (χ2n) is 3.85. The van der Waals surface area contributed by atoms with E-state index >= 15 is 0 Å². The van der Waals surface area contributed by atoms with E-state index in [-0.39, 0.29) is 0 Å². The number of thiazole rings is 1. The molecule has 0 bridgehead atoms. The molecule has 5 heteroatoms. The first-order valence-corrected chi connectivity index (χ1v) is 6.55. The number of imidazole rings is 1. The molecule has 0 fully saturated rings. The van der Waals surface area contributed by atoms with Crippen molar-refractivity contribution in [1.29, 1.82) is 0 Å². The minimum absolute atomic E-state index is 0.747. The first-order valence-electron chi connectivity index (χ1n) is 5.61.